The molecule has 66 valence electrons. The van der Waals surface area contributed by atoms with E-state index in [2.05, 4.69) is 0 Å². The lowest BCUT2D eigenvalue weighted by molar-refractivity contribution is -0.0310. The van der Waals surface area contributed by atoms with Gasteiger partial charge >= 0.3 is 6.16 Å². The number of carbonyl (C=O) groups is 1. The minimum absolute atomic E-state index is 0.192. The first-order chi connectivity index (χ1) is 5.81. The van der Waals surface area contributed by atoms with Gasteiger partial charge in [-0.15, -0.1) is 0 Å². The summed E-state index contributed by atoms with van der Waals surface area (Å²) in [6.07, 6.45) is 0.854. The van der Waals surface area contributed by atoms with Gasteiger partial charge in [0.2, 0.25) is 0 Å². The maximum atomic E-state index is 10.7. The molecular formula is C7H8O5. The smallest absolute Gasteiger partial charge is 0.492 e. The monoisotopic (exact) mass is 172 g/mol. The second-order valence-electron chi connectivity index (χ2n) is 2.60. The molecule has 5 heteroatoms. The van der Waals surface area contributed by atoms with E-state index in [0.29, 0.717) is 0 Å². The van der Waals surface area contributed by atoms with Crippen molar-refractivity contribution in [1.82, 2.24) is 0 Å². The molecule has 1 fully saturated rings. The second-order valence-corrected chi connectivity index (χ2v) is 2.60. The van der Waals surface area contributed by atoms with E-state index in [1.165, 1.54) is 6.26 Å². The molecule has 0 aromatic heterocycles. The van der Waals surface area contributed by atoms with Crippen LogP contribution in [0.25, 0.3) is 0 Å². The number of aliphatic hydroxyl groups is 1. The third-order valence-electron chi connectivity index (χ3n) is 1.86. The highest BCUT2D eigenvalue weighted by molar-refractivity contribution is 5.63. The molecule has 0 aromatic rings. The lowest BCUT2D eigenvalue weighted by atomic mass is 10.1. The van der Waals surface area contributed by atoms with Crippen LogP contribution in [0.4, 0.5) is 4.79 Å². The summed E-state index contributed by atoms with van der Waals surface area (Å²) < 4.78 is 14.5. The highest BCUT2D eigenvalue weighted by Gasteiger charge is 2.43. The van der Waals surface area contributed by atoms with E-state index in [0.717, 1.165) is 0 Å². The highest BCUT2D eigenvalue weighted by atomic mass is 16.8. The Morgan fingerprint density at radius 3 is 3.08 bits per heavy atom. The van der Waals surface area contributed by atoms with E-state index in [1.54, 1.807) is 6.08 Å². The Balaban J connectivity index is 2.15. The number of hydrogen-bond donors (Lipinski definition) is 1. The van der Waals surface area contributed by atoms with Gasteiger partial charge in [-0.05, 0) is 6.08 Å². The van der Waals surface area contributed by atoms with Crippen LogP contribution in [0, 0.1) is 0 Å². The number of hydrogen-bond acceptors (Lipinski definition) is 5. The summed E-state index contributed by atoms with van der Waals surface area (Å²) in [4.78, 5) is 10.7. The van der Waals surface area contributed by atoms with Crippen LogP contribution in [-0.2, 0) is 14.2 Å². The van der Waals surface area contributed by atoms with Crippen LogP contribution in [0.2, 0.25) is 0 Å². The summed E-state index contributed by atoms with van der Waals surface area (Å²) in [6, 6.07) is 0. The third-order valence-corrected chi connectivity index (χ3v) is 1.86. The van der Waals surface area contributed by atoms with Crippen molar-refractivity contribution < 1.29 is 24.1 Å². The molecule has 2 aliphatic heterocycles. The average molecular weight is 172 g/mol. The molecule has 2 unspecified atom stereocenters. The molecular weight excluding hydrogens is 164 g/mol. The van der Waals surface area contributed by atoms with E-state index >= 15 is 0 Å². The van der Waals surface area contributed by atoms with Crippen molar-refractivity contribution in [3.05, 3.63) is 12.3 Å². The Hall–Kier alpha value is -1.23. The maximum absolute atomic E-state index is 10.7. The summed E-state index contributed by atoms with van der Waals surface area (Å²) in [7, 11) is 0. The fourth-order valence-electron chi connectivity index (χ4n) is 1.27. The van der Waals surface area contributed by atoms with Crippen molar-refractivity contribution >= 4 is 6.16 Å². The van der Waals surface area contributed by atoms with Gasteiger partial charge in [-0.25, -0.2) is 4.79 Å². The predicted molar refractivity (Wildman–Crippen MR) is 36.2 cm³/mol. The number of ether oxygens (including phenoxy) is 3. The van der Waals surface area contributed by atoms with Crippen molar-refractivity contribution in [2.75, 3.05) is 6.61 Å². The molecule has 1 saturated heterocycles. The van der Waals surface area contributed by atoms with Crippen molar-refractivity contribution in [3.8, 4) is 0 Å². The topological polar surface area (TPSA) is 65.0 Å². The molecule has 2 heterocycles. The Morgan fingerprint density at radius 1 is 1.50 bits per heavy atom. The molecule has 12 heavy (non-hydrogen) atoms. The summed E-state index contributed by atoms with van der Waals surface area (Å²) in [5.74, 6) is 0. The summed E-state index contributed by atoms with van der Waals surface area (Å²) in [6.45, 7) is -0.192. The summed E-state index contributed by atoms with van der Waals surface area (Å²) >= 11 is 0. The molecule has 1 N–H and O–H groups in total. The molecule has 0 bridgehead atoms. The molecule has 0 radical (unpaired) electrons. The fourth-order valence-corrected chi connectivity index (χ4v) is 1.27. The quantitative estimate of drug-likeness (QED) is 0.554. The molecule has 2 rings (SSSR count). The van der Waals surface area contributed by atoms with Gasteiger partial charge in [-0.2, -0.15) is 0 Å². The van der Waals surface area contributed by atoms with Crippen LogP contribution in [-0.4, -0.2) is 36.2 Å². The summed E-state index contributed by atoms with van der Waals surface area (Å²) in [5.41, 5.74) is 0. The normalized spacial score (nSPS) is 38.1. The zero-order valence-electron chi connectivity index (χ0n) is 6.17. The Morgan fingerprint density at radius 2 is 2.33 bits per heavy atom. The Labute approximate surface area is 68.5 Å². The number of fused-ring (bicyclic) bond motifs is 1. The van der Waals surface area contributed by atoms with Gasteiger partial charge in [0.25, 0.3) is 0 Å². The van der Waals surface area contributed by atoms with Gasteiger partial charge < -0.3 is 19.3 Å². The minimum Gasteiger partial charge on any atom is -0.492 e. The molecule has 0 spiro atoms. The van der Waals surface area contributed by atoms with Crippen LogP contribution in [0.1, 0.15) is 0 Å². The maximum Gasteiger partial charge on any atom is 0.509 e. The first kappa shape index (κ1) is 7.42. The number of carbonyl (C=O) groups excluding carboxylic acids is 1. The van der Waals surface area contributed by atoms with Gasteiger partial charge in [0, 0.05) is 0 Å². The van der Waals surface area contributed by atoms with E-state index in [9.17, 15) is 4.79 Å². The minimum atomic E-state index is -0.710. The third kappa shape index (κ3) is 1.02. The number of rotatable bonds is 1. The Bertz CT molecular complexity index is 224. The Kier molecular flexibility index (Phi) is 1.65. The van der Waals surface area contributed by atoms with Crippen LogP contribution >= 0.6 is 0 Å². The SMILES string of the molecule is O=C1OC2C=COC(CO)[C@@H]2O1. The number of aliphatic hydroxyl groups excluding tert-OH is 1. The zero-order valence-corrected chi connectivity index (χ0v) is 6.17. The second kappa shape index (κ2) is 2.67. The molecule has 0 amide bonds. The van der Waals surface area contributed by atoms with Crippen molar-refractivity contribution in [2.45, 2.75) is 18.3 Å². The van der Waals surface area contributed by atoms with Gasteiger partial charge in [0.15, 0.2) is 18.3 Å². The van der Waals surface area contributed by atoms with Crippen molar-refractivity contribution in [1.29, 1.82) is 0 Å². The first-order valence-corrected chi connectivity index (χ1v) is 3.61. The largest absolute Gasteiger partial charge is 0.509 e. The lowest BCUT2D eigenvalue weighted by Gasteiger charge is -2.24. The van der Waals surface area contributed by atoms with E-state index in [4.69, 9.17) is 19.3 Å². The van der Waals surface area contributed by atoms with Crippen LogP contribution in [0.5, 0.6) is 0 Å². The van der Waals surface area contributed by atoms with Crippen LogP contribution < -0.4 is 0 Å². The molecule has 0 aliphatic carbocycles. The van der Waals surface area contributed by atoms with Gasteiger partial charge in [0.1, 0.15) is 0 Å². The highest BCUT2D eigenvalue weighted by Crippen LogP contribution is 2.24. The van der Waals surface area contributed by atoms with Gasteiger partial charge in [-0.3, -0.25) is 0 Å². The van der Waals surface area contributed by atoms with Crippen LogP contribution in [0.3, 0.4) is 0 Å². The van der Waals surface area contributed by atoms with E-state index in [1.807, 2.05) is 0 Å². The van der Waals surface area contributed by atoms with Crippen LogP contribution in [0.15, 0.2) is 12.3 Å². The van der Waals surface area contributed by atoms with E-state index < -0.39 is 24.5 Å². The van der Waals surface area contributed by atoms with Crippen molar-refractivity contribution in [3.63, 3.8) is 0 Å². The first-order valence-electron chi connectivity index (χ1n) is 3.61. The van der Waals surface area contributed by atoms with Crippen molar-refractivity contribution in [2.24, 2.45) is 0 Å². The predicted octanol–water partition coefficient (Wildman–Crippen LogP) is -0.205. The van der Waals surface area contributed by atoms with Gasteiger partial charge in [0.05, 0.1) is 12.9 Å². The lowest BCUT2D eigenvalue weighted by Crippen LogP contribution is -2.40. The molecule has 2 aliphatic rings. The molecule has 5 nitrogen and oxygen atoms in total. The van der Waals surface area contributed by atoms with E-state index in [-0.39, 0.29) is 6.61 Å². The standard InChI is InChI=1S/C7H8O5/c8-3-5-6-4(1-2-10-5)11-7(9)12-6/h1-2,4-6,8H,3H2/t4?,5?,6-/m1/s1. The van der Waals surface area contributed by atoms with Gasteiger partial charge in [-0.1, -0.05) is 0 Å². The molecule has 0 aromatic carbocycles. The fraction of sp³-hybridized carbons (Fsp3) is 0.571. The average Bonchev–Trinajstić information content (AvgIpc) is 2.44. The molecule has 0 saturated carbocycles. The summed E-state index contributed by atoms with van der Waals surface area (Å²) in [5, 5.41) is 8.82. The zero-order chi connectivity index (χ0) is 8.55. The molecule has 3 atom stereocenters.